The molecule has 0 aliphatic rings. The van der Waals surface area contributed by atoms with Gasteiger partial charge in [-0.2, -0.15) is 0 Å². The Balaban J connectivity index is 2.67. The van der Waals surface area contributed by atoms with Crippen molar-refractivity contribution in [2.75, 3.05) is 0 Å². The first-order valence-corrected chi connectivity index (χ1v) is 7.01. The second-order valence-corrected chi connectivity index (χ2v) is 6.11. The lowest BCUT2D eigenvalue weighted by Gasteiger charge is -2.26. The van der Waals surface area contributed by atoms with Crippen LogP contribution in [0.4, 0.5) is 0 Å². The van der Waals surface area contributed by atoms with E-state index in [1.165, 1.54) is 0 Å². The van der Waals surface area contributed by atoms with Crippen LogP contribution in [0.2, 0.25) is 0 Å². The van der Waals surface area contributed by atoms with Crippen LogP contribution in [0.1, 0.15) is 32.8 Å². The molecule has 21 heavy (non-hydrogen) atoms. The highest BCUT2D eigenvalue weighted by atomic mass is 16.6. The van der Waals surface area contributed by atoms with E-state index in [1.54, 1.807) is 20.8 Å². The van der Waals surface area contributed by atoms with E-state index in [2.05, 4.69) is 5.73 Å². The molecule has 0 amide bonds. The lowest BCUT2D eigenvalue weighted by molar-refractivity contribution is -0.435. The zero-order chi connectivity index (χ0) is 16.0. The van der Waals surface area contributed by atoms with Crippen LogP contribution in [0.3, 0.4) is 0 Å². The summed E-state index contributed by atoms with van der Waals surface area (Å²) in [5.74, 6) is -3.55. The van der Waals surface area contributed by atoms with Crippen LogP contribution >= 0.6 is 0 Å². The van der Waals surface area contributed by atoms with Crippen molar-refractivity contribution in [2.45, 2.75) is 45.3 Å². The van der Waals surface area contributed by atoms with Gasteiger partial charge in [-0.25, -0.2) is 0 Å². The van der Waals surface area contributed by atoms with Gasteiger partial charge in [-0.15, -0.1) is 0 Å². The number of quaternary nitrogens is 1. The molecular weight excluding hydrogens is 270 g/mol. The maximum absolute atomic E-state index is 12.0. The highest BCUT2D eigenvalue weighted by Gasteiger charge is 2.33. The molecule has 5 heteroatoms. The molecule has 0 aliphatic heterocycles. The number of benzene rings is 1. The summed E-state index contributed by atoms with van der Waals surface area (Å²) in [5.41, 5.74) is 4.15. The average Bonchev–Trinajstić information content (AvgIpc) is 2.35. The summed E-state index contributed by atoms with van der Waals surface area (Å²) in [7, 11) is 0. The number of esters is 1. The first-order chi connectivity index (χ1) is 9.70. The summed E-state index contributed by atoms with van der Waals surface area (Å²) in [6.45, 7) is 5.08. The summed E-state index contributed by atoms with van der Waals surface area (Å²) in [5, 5.41) is 11.2. The van der Waals surface area contributed by atoms with Crippen molar-refractivity contribution in [2.24, 2.45) is 5.92 Å². The predicted molar refractivity (Wildman–Crippen MR) is 75.8 cm³/mol. The minimum Gasteiger partial charge on any atom is -0.549 e. The largest absolute Gasteiger partial charge is 0.549 e. The normalized spacial score (nSPS) is 14.3. The number of aliphatic carboxylic acids is 1. The van der Waals surface area contributed by atoms with Crippen molar-refractivity contribution in [3.63, 3.8) is 0 Å². The fraction of sp³-hybridized carbons (Fsp3) is 0.500. The van der Waals surface area contributed by atoms with E-state index in [-0.39, 0.29) is 0 Å². The van der Waals surface area contributed by atoms with Gasteiger partial charge in [0.1, 0.15) is 17.6 Å². The summed E-state index contributed by atoms with van der Waals surface area (Å²) in [6.07, 6.45) is 1.13. The van der Waals surface area contributed by atoms with Gasteiger partial charge in [0.2, 0.25) is 0 Å². The number of carbonyl (C=O) groups is 2. The molecule has 0 heterocycles. The lowest BCUT2D eigenvalue weighted by atomic mass is 9.94. The Morgan fingerprint density at radius 3 is 2.29 bits per heavy atom. The second kappa shape index (κ2) is 7.22. The van der Waals surface area contributed by atoms with E-state index in [1.807, 2.05) is 30.3 Å². The molecule has 0 unspecified atom stereocenters. The molecule has 1 aromatic carbocycles. The van der Waals surface area contributed by atoms with Crippen LogP contribution < -0.4 is 10.8 Å². The Hall–Kier alpha value is -1.88. The predicted octanol–water partition coefficient (Wildman–Crippen LogP) is -0.0625. The number of hydrogen-bond donors (Lipinski definition) is 1. The van der Waals surface area contributed by atoms with Gasteiger partial charge in [-0.3, -0.25) is 4.79 Å². The molecule has 1 rings (SSSR count). The van der Waals surface area contributed by atoms with Crippen LogP contribution in [0.5, 0.6) is 0 Å². The summed E-state index contributed by atoms with van der Waals surface area (Å²) in [6, 6.07) is 9.05. The Morgan fingerprint density at radius 1 is 1.24 bits per heavy atom. The Kier molecular flexibility index (Phi) is 5.90. The topological polar surface area (TPSA) is 94.1 Å². The molecular formula is C16H23NO4. The van der Waals surface area contributed by atoms with Crippen LogP contribution in [0.15, 0.2) is 30.3 Å². The number of ether oxygens (including phenoxy) is 1. The van der Waals surface area contributed by atoms with E-state index >= 15 is 0 Å². The molecule has 0 aromatic heterocycles. The van der Waals surface area contributed by atoms with Crippen molar-refractivity contribution in [3.8, 4) is 0 Å². The molecule has 1 aromatic rings. The molecule has 0 bridgehead atoms. The van der Waals surface area contributed by atoms with Gasteiger partial charge in [0.15, 0.2) is 0 Å². The van der Waals surface area contributed by atoms with Crippen molar-refractivity contribution in [3.05, 3.63) is 35.9 Å². The van der Waals surface area contributed by atoms with E-state index in [0.29, 0.717) is 12.8 Å². The average molecular weight is 293 g/mol. The standard InChI is InChI=1S/C16H23NO4/c1-16(2,3)21-15(20)13(14(18)19)12(17)10-9-11-7-5-4-6-8-11/h4-8,12-13H,9-10,17H2,1-3H3,(H,18,19)/t12-,13+/m0/s1. The smallest absolute Gasteiger partial charge is 0.321 e. The molecule has 0 spiro atoms. The summed E-state index contributed by atoms with van der Waals surface area (Å²) in [4.78, 5) is 23.2. The first-order valence-electron chi connectivity index (χ1n) is 7.01. The third-order valence-corrected chi connectivity index (χ3v) is 3.03. The second-order valence-electron chi connectivity index (χ2n) is 6.11. The highest BCUT2D eigenvalue weighted by Crippen LogP contribution is 2.15. The van der Waals surface area contributed by atoms with E-state index < -0.39 is 29.5 Å². The zero-order valence-electron chi connectivity index (χ0n) is 12.8. The van der Waals surface area contributed by atoms with Gasteiger partial charge in [-0.05, 0) is 32.8 Å². The van der Waals surface area contributed by atoms with E-state index in [9.17, 15) is 14.7 Å². The Labute approximate surface area is 125 Å². The Bertz CT molecular complexity index is 479. The van der Waals surface area contributed by atoms with Crippen LogP contribution in [0.25, 0.3) is 0 Å². The third-order valence-electron chi connectivity index (χ3n) is 3.03. The molecule has 2 atom stereocenters. The van der Waals surface area contributed by atoms with Crippen molar-refractivity contribution >= 4 is 11.9 Å². The van der Waals surface area contributed by atoms with Crippen molar-refractivity contribution in [1.82, 2.24) is 0 Å². The van der Waals surface area contributed by atoms with Gasteiger partial charge in [0, 0.05) is 6.42 Å². The molecule has 0 aliphatic carbocycles. The summed E-state index contributed by atoms with van der Waals surface area (Å²) < 4.78 is 5.13. The van der Waals surface area contributed by atoms with Crippen molar-refractivity contribution < 1.29 is 25.2 Å². The SMILES string of the molecule is CC(C)(C)OC(=O)[C@@H](C(=O)[O-])[C@@H]([NH3+])CCc1ccccc1. The number of carboxylic acids is 1. The third kappa shape index (κ3) is 5.95. The molecule has 5 nitrogen and oxygen atoms in total. The van der Waals surface area contributed by atoms with E-state index in [4.69, 9.17) is 4.74 Å². The van der Waals surface area contributed by atoms with Crippen LogP contribution in [0, 0.1) is 5.92 Å². The molecule has 3 N–H and O–H groups in total. The molecule has 0 saturated carbocycles. The number of rotatable bonds is 6. The molecule has 0 fully saturated rings. The maximum atomic E-state index is 12.0. The quantitative estimate of drug-likeness (QED) is 0.587. The number of hydrogen-bond acceptors (Lipinski definition) is 4. The fourth-order valence-corrected chi connectivity index (χ4v) is 2.01. The molecule has 0 saturated heterocycles. The number of carboxylic acid groups (broad SMARTS) is 1. The van der Waals surface area contributed by atoms with Gasteiger partial charge in [-0.1, -0.05) is 30.3 Å². The monoisotopic (exact) mass is 293 g/mol. The van der Waals surface area contributed by atoms with Gasteiger partial charge in [0.05, 0.1) is 5.97 Å². The minimum absolute atomic E-state index is 0.474. The lowest BCUT2D eigenvalue weighted by Crippen LogP contribution is -2.69. The zero-order valence-corrected chi connectivity index (χ0v) is 12.8. The van der Waals surface area contributed by atoms with Crippen molar-refractivity contribution in [1.29, 1.82) is 0 Å². The molecule has 116 valence electrons. The first kappa shape index (κ1) is 17.2. The van der Waals surface area contributed by atoms with Crippen LogP contribution in [-0.2, 0) is 20.7 Å². The summed E-state index contributed by atoms with van der Waals surface area (Å²) >= 11 is 0. The fourth-order valence-electron chi connectivity index (χ4n) is 2.01. The molecule has 0 radical (unpaired) electrons. The highest BCUT2D eigenvalue weighted by molar-refractivity contribution is 5.93. The van der Waals surface area contributed by atoms with Gasteiger partial charge >= 0.3 is 5.97 Å². The van der Waals surface area contributed by atoms with Crippen LogP contribution in [-0.4, -0.2) is 23.6 Å². The Morgan fingerprint density at radius 2 is 1.81 bits per heavy atom. The van der Waals surface area contributed by atoms with E-state index in [0.717, 1.165) is 5.56 Å². The van der Waals surface area contributed by atoms with Gasteiger partial charge < -0.3 is 20.4 Å². The number of aryl methyl sites for hydroxylation is 1. The minimum atomic E-state index is -1.43. The van der Waals surface area contributed by atoms with Gasteiger partial charge in [0.25, 0.3) is 0 Å². The number of carbonyl (C=O) groups excluding carboxylic acids is 2. The maximum Gasteiger partial charge on any atom is 0.321 e.